The quantitative estimate of drug-likeness (QED) is 0.538. The van der Waals surface area contributed by atoms with Gasteiger partial charge in [0.2, 0.25) is 0 Å². The molecule has 1 N–H and O–H groups in total. The zero-order valence-electron chi connectivity index (χ0n) is 13.7. The molecule has 3 aromatic rings. The van der Waals surface area contributed by atoms with Crippen LogP contribution in [0.1, 0.15) is 9.67 Å². The Labute approximate surface area is 168 Å². The fraction of sp³-hybridized carbons (Fsp3) is 0.0526. The molecule has 8 heteroatoms. The zero-order valence-corrected chi connectivity index (χ0v) is 16.0. The molecule has 138 valence electrons. The molecule has 0 radical (unpaired) electrons. The van der Waals surface area contributed by atoms with Crippen LogP contribution in [-0.4, -0.2) is 18.5 Å². The number of esters is 1. The molecule has 1 aromatic heterocycles. The van der Waals surface area contributed by atoms with E-state index in [-0.39, 0.29) is 21.5 Å². The number of carbonyl (C=O) groups is 2. The second-order valence-corrected chi connectivity index (χ2v) is 7.29. The summed E-state index contributed by atoms with van der Waals surface area (Å²) in [5.41, 5.74) is 1.04. The van der Waals surface area contributed by atoms with E-state index in [1.807, 2.05) is 0 Å². The Morgan fingerprint density at radius 2 is 1.67 bits per heavy atom. The number of amides is 1. The molecule has 0 spiro atoms. The van der Waals surface area contributed by atoms with Crippen molar-refractivity contribution >= 4 is 52.1 Å². The number of ether oxygens (including phenoxy) is 1. The molecule has 0 aliphatic rings. The maximum Gasteiger partial charge on any atom is 0.348 e. The van der Waals surface area contributed by atoms with E-state index in [4.69, 9.17) is 27.9 Å². The summed E-state index contributed by atoms with van der Waals surface area (Å²) in [5, 5.41) is 3.07. The molecular formula is C19H12Cl2FNO3S. The normalized spacial score (nSPS) is 10.5. The van der Waals surface area contributed by atoms with Gasteiger partial charge in [-0.15, -0.1) is 11.3 Å². The Balaban J connectivity index is 1.59. The molecule has 27 heavy (non-hydrogen) atoms. The third-order valence-corrected chi connectivity index (χ3v) is 5.24. The average Bonchev–Trinajstić information content (AvgIpc) is 3.14. The summed E-state index contributed by atoms with van der Waals surface area (Å²) >= 11 is 13.1. The predicted octanol–water partition coefficient (Wildman–Crippen LogP) is 5.66. The van der Waals surface area contributed by atoms with Crippen molar-refractivity contribution in [1.82, 2.24) is 0 Å². The van der Waals surface area contributed by atoms with Gasteiger partial charge in [-0.05, 0) is 42.0 Å². The Hall–Kier alpha value is -2.41. The Bertz CT molecular complexity index is 969. The second-order valence-electron chi connectivity index (χ2n) is 5.39. The third-order valence-electron chi connectivity index (χ3n) is 3.50. The number of hydrogen-bond acceptors (Lipinski definition) is 4. The SMILES string of the molecule is O=C(COC(=O)c1ccc(-c2ccc(F)cc2)s1)Nc1c(Cl)cccc1Cl. The van der Waals surface area contributed by atoms with Crippen molar-refractivity contribution in [3.05, 3.63) is 75.3 Å². The maximum atomic E-state index is 13.0. The number of nitrogens with one attached hydrogen (secondary N) is 1. The summed E-state index contributed by atoms with van der Waals surface area (Å²) < 4.78 is 18.0. The van der Waals surface area contributed by atoms with Crippen molar-refractivity contribution in [3.63, 3.8) is 0 Å². The van der Waals surface area contributed by atoms with Gasteiger partial charge in [0.15, 0.2) is 6.61 Å². The van der Waals surface area contributed by atoms with E-state index >= 15 is 0 Å². The Kier molecular flexibility index (Phi) is 6.11. The van der Waals surface area contributed by atoms with Crippen molar-refractivity contribution in [1.29, 1.82) is 0 Å². The molecule has 0 saturated carbocycles. The first kappa shape index (κ1) is 19.4. The van der Waals surface area contributed by atoms with Gasteiger partial charge in [-0.1, -0.05) is 41.4 Å². The van der Waals surface area contributed by atoms with Crippen LogP contribution in [0.15, 0.2) is 54.6 Å². The minimum atomic E-state index is -0.631. The van der Waals surface area contributed by atoms with Crippen LogP contribution in [0.3, 0.4) is 0 Å². The van der Waals surface area contributed by atoms with Crippen molar-refractivity contribution < 1.29 is 18.7 Å². The fourth-order valence-electron chi connectivity index (χ4n) is 2.21. The molecule has 3 rings (SSSR count). The van der Waals surface area contributed by atoms with Crippen LogP contribution in [0.5, 0.6) is 0 Å². The summed E-state index contributed by atoms with van der Waals surface area (Å²) in [6.45, 7) is -0.482. The highest BCUT2D eigenvalue weighted by molar-refractivity contribution is 7.17. The van der Waals surface area contributed by atoms with E-state index in [9.17, 15) is 14.0 Å². The van der Waals surface area contributed by atoms with E-state index in [2.05, 4.69) is 5.32 Å². The lowest BCUT2D eigenvalue weighted by molar-refractivity contribution is -0.119. The molecule has 4 nitrogen and oxygen atoms in total. The first-order chi connectivity index (χ1) is 12.9. The van der Waals surface area contributed by atoms with E-state index in [1.54, 1.807) is 42.5 Å². The maximum absolute atomic E-state index is 13.0. The van der Waals surface area contributed by atoms with Gasteiger partial charge in [-0.25, -0.2) is 9.18 Å². The minimum absolute atomic E-state index is 0.261. The average molecular weight is 424 g/mol. The predicted molar refractivity (Wildman–Crippen MR) is 105 cm³/mol. The van der Waals surface area contributed by atoms with Gasteiger partial charge in [0.25, 0.3) is 5.91 Å². The summed E-state index contributed by atoms with van der Waals surface area (Å²) in [5.74, 6) is -1.53. The first-order valence-electron chi connectivity index (χ1n) is 7.71. The van der Waals surface area contributed by atoms with Gasteiger partial charge in [0.05, 0.1) is 15.7 Å². The van der Waals surface area contributed by atoms with E-state index in [1.165, 1.54) is 23.5 Å². The van der Waals surface area contributed by atoms with E-state index in [0.717, 1.165) is 10.4 Å². The second kappa shape index (κ2) is 8.52. The number of para-hydroxylation sites is 1. The number of benzene rings is 2. The van der Waals surface area contributed by atoms with Gasteiger partial charge in [0, 0.05) is 4.88 Å². The van der Waals surface area contributed by atoms with Gasteiger partial charge in [-0.2, -0.15) is 0 Å². The third kappa shape index (κ3) is 4.86. The first-order valence-corrected chi connectivity index (χ1v) is 9.28. The topological polar surface area (TPSA) is 55.4 Å². The smallest absolute Gasteiger partial charge is 0.348 e. The van der Waals surface area contributed by atoms with E-state index < -0.39 is 18.5 Å². The van der Waals surface area contributed by atoms with Crippen LogP contribution in [0.2, 0.25) is 10.0 Å². The molecule has 0 aliphatic carbocycles. The highest BCUT2D eigenvalue weighted by Crippen LogP contribution is 2.30. The highest BCUT2D eigenvalue weighted by atomic mass is 35.5. The molecule has 1 heterocycles. The molecular weight excluding hydrogens is 412 g/mol. The van der Waals surface area contributed by atoms with Crippen molar-refractivity contribution in [3.8, 4) is 10.4 Å². The summed E-state index contributed by atoms with van der Waals surface area (Å²) in [6.07, 6.45) is 0. The van der Waals surface area contributed by atoms with Crippen LogP contribution in [0.25, 0.3) is 10.4 Å². The monoisotopic (exact) mass is 423 g/mol. The fourth-order valence-corrected chi connectivity index (χ4v) is 3.61. The molecule has 2 aromatic carbocycles. The number of halogens is 3. The van der Waals surface area contributed by atoms with Crippen LogP contribution in [-0.2, 0) is 9.53 Å². The van der Waals surface area contributed by atoms with Crippen molar-refractivity contribution in [2.45, 2.75) is 0 Å². The van der Waals surface area contributed by atoms with Gasteiger partial charge in [0.1, 0.15) is 10.7 Å². The lowest BCUT2D eigenvalue weighted by atomic mass is 10.2. The molecule has 0 saturated heterocycles. The van der Waals surface area contributed by atoms with Gasteiger partial charge < -0.3 is 10.1 Å². The molecule has 0 atom stereocenters. The Morgan fingerprint density at radius 1 is 1.00 bits per heavy atom. The molecule has 0 fully saturated rings. The van der Waals surface area contributed by atoms with Gasteiger partial charge in [-0.3, -0.25) is 4.79 Å². The summed E-state index contributed by atoms with van der Waals surface area (Å²) in [6, 6.07) is 14.1. The lowest BCUT2D eigenvalue weighted by Crippen LogP contribution is -2.21. The standard InChI is InChI=1S/C19H12Cl2FNO3S/c20-13-2-1-3-14(21)18(13)23-17(24)10-26-19(25)16-9-8-15(27-16)11-4-6-12(22)7-5-11/h1-9H,10H2,(H,23,24). The lowest BCUT2D eigenvalue weighted by Gasteiger charge is -2.09. The van der Waals surface area contributed by atoms with Crippen LogP contribution >= 0.6 is 34.5 Å². The molecule has 0 unspecified atom stereocenters. The number of carbonyl (C=O) groups excluding carboxylic acids is 2. The largest absolute Gasteiger partial charge is 0.451 e. The summed E-state index contributed by atoms with van der Waals surface area (Å²) in [4.78, 5) is 25.2. The van der Waals surface area contributed by atoms with Crippen LogP contribution in [0.4, 0.5) is 10.1 Å². The van der Waals surface area contributed by atoms with Crippen LogP contribution in [0, 0.1) is 5.82 Å². The minimum Gasteiger partial charge on any atom is -0.451 e. The van der Waals surface area contributed by atoms with E-state index in [0.29, 0.717) is 4.88 Å². The number of anilines is 1. The van der Waals surface area contributed by atoms with Crippen molar-refractivity contribution in [2.75, 3.05) is 11.9 Å². The number of thiophene rings is 1. The zero-order chi connectivity index (χ0) is 19.4. The summed E-state index contributed by atoms with van der Waals surface area (Å²) in [7, 11) is 0. The van der Waals surface area contributed by atoms with Gasteiger partial charge >= 0.3 is 5.97 Å². The number of rotatable bonds is 5. The molecule has 1 amide bonds. The van der Waals surface area contributed by atoms with Crippen LogP contribution < -0.4 is 5.32 Å². The Morgan fingerprint density at radius 3 is 2.33 bits per heavy atom. The number of hydrogen-bond donors (Lipinski definition) is 1. The highest BCUT2D eigenvalue weighted by Gasteiger charge is 2.15. The van der Waals surface area contributed by atoms with Crippen molar-refractivity contribution in [2.24, 2.45) is 0 Å². The molecule has 0 aliphatic heterocycles. The molecule has 0 bridgehead atoms.